The molecule has 2 aliphatic rings. The van der Waals surface area contributed by atoms with Gasteiger partial charge in [0.1, 0.15) is 16.7 Å². The molecule has 0 spiro atoms. The zero-order valence-electron chi connectivity index (χ0n) is 22.0. The molecule has 2 aliphatic heterocycles. The van der Waals surface area contributed by atoms with Crippen molar-refractivity contribution in [1.82, 2.24) is 9.62 Å². The van der Waals surface area contributed by atoms with Crippen LogP contribution in [0.1, 0.15) is 80.9 Å². The van der Waals surface area contributed by atoms with Gasteiger partial charge >= 0.3 is 0 Å². The third-order valence-electron chi connectivity index (χ3n) is 7.44. The van der Waals surface area contributed by atoms with E-state index in [1.165, 1.54) is 11.6 Å². The molecule has 2 aromatic rings. The molecule has 4 rings (SSSR count). The minimum absolute atomic E-state index is 0.122. The molecule has 2 N–H and O–H groups in total. The van der Waals surface area contributed by atoms with Crippen molar-refractivity contribution in [2.24, 2.45) is 4.99 Å². The topological polar surface area (TPSA) is 91.2 Å². The zero-order chi connectivity index (χ0) is 26.8. The summed E-state index contributed by atoms with van der Waals surface area (Å²) in [6.45, 7) is 9.77. The van der Waals surface area contributed by atoms with Crippen LogP contribution in [0.4, 0.5) is 4.39 Å². The molecule has 0 aliphatic carbocycles. The van der Waals surface area contributed by atoms with Crippen LogP contribution in [0.25, 0.3) is 0 Å². The van der Waals surface area contributed by atoms with Crippen LogP contribution in [0.15, 0.2) is 53.5 Å². The van der Waals surface area contributed by atoms with Crippen LogP contribution in [0, 0.1) is 5.82 Å². The van der Waals surface area contributed by atoms with Gasteiger partial charge in [0, 0.05) is 18.2 Å². The Balaban J connectivity index is 1.54. The Morgan fingerprint density at radius 3 is 2.30 bits per heavy atom. The van der Waals surface area contributed by atoms with E-state index in [1.807, 2.05) is 24.3 Å². The van der Waals surface area contributed by atoms with E-state index in [0.29, 0.717) is 17.5 Å². The average Bonchev–Trinajstić information content (AvgIpc) is 2.83. The minimum Gasteiger partial charge on any atom is -0.457 e. The van der Waals surface area contributed by atoms with Crippen molar-refractivity contribution in [1.29, 1.82) is 0 Å². The summed E-state index contributed by atoms with van der Waals surface area (Å²) < 4.78 is 49.8. The largest absolute Gasteiger partial charge is 0.457 e. The van der Waals surface area contributed by atoms with Gasteiger partial charge in [0.15, 0.2) is 0 Å². The van der Waals surface area contributed by atoms with Gasteiger partial charge in [-0.3, -0.25) is 0 Å². The SMILES string of the molecule is CC(C)N1CCC(c2ccc(C3C(C)(C)OC(=NC(CCO)c4ccccc4F)NS3(=O)=O)cc2)CC1. The fourth-order valence-corrected chi connectivity index (χ4v) is 7.27. The maximum Gasteiger partial charge on any atom is 0.299 e. The average molecular weight is 532 g/mol. The first-order chi connectivity index (χ1) is 17.5. The molecular weight excluding hydrogens is 493 g/mol. The van der Waals surface area contributed by atoms with Gasteiger partial charge in [0.05, 0.1) is 6.04 Å². The van der Waals surface area contributed by atoms with Gasteiger partial charge in [-0.05, 0) is 83.2 Å². The van der Waals surface area contributed by atoms with Gasteiger partial charge in [0.2, 0.25) is 10.0 Å². The van der Waals surface area contributed by atoms with E-state index in [0.717, 1.165) is 25.9 Å². The number of rotatable bonds is 7. The number of amidine groups is 1. The van der Waals surface area contributed by atoms with E-state index in [9.17, 15) is 17.9 Å². The van der Waals surface area contributed by atoms with E-state index in [4.69, 9.17) is 4.74 Å². The van der Waals surface area contributed by atoms with Crippen LogP contribution < -0.4 is 4.72 Å². The Kier molecular flexibility index (Phi) is 8.26. The molecular formula is C28H38FN3O4S. The van der Waals surface area contributed by atoms with Gasteiger partial charge in [-0.2, -0.15) is 0 Å². The highest BCUT2D eigenvalue weighted by Crippen LogP contribution is 2.40. The summed E-state index contributed by atoms with van der Waals surface area (Å²) >= 11 is 0. The fraction of sp³-hybridized carbons (Fsp3) is 0.536. The summed E-state index contributed by atoms with van der Waals surface area (Å²) in [5.41, 5.74) is 1.00. The van der Waals surface area contributed by atoms with Crippen LogP contribution in [0.2, 0.25) is 0 Å². The predicted octanol–water partition coefficient (Wildman–Crippen LogP) is 4.66. The van der Waals surface area contributed by atoms with Crippen molar-refractivity contribution in [2.45, 2.75) is 75.8 Å². The zero-order valence-corrected chi connectivity index (χ0v) is 22.8. The maximum atomic E-state index is 14.4. The smallest absolute Gasteiger partial charge is 0.299 e. The number of aliphatic hydroxyl groups excluding tert-OH is 1. The molecule has 0 aromatic heterocycles. The molecule has 202 valence electrons. The highest BCUT2D eigenvalue weighted by molar-refractivity contribution is 7.90. The number of halogens is 1. The molecule has 9 heteroatoms. The van der Waals surface area contributed by atoms with Crippen molar-refractivity contribution < 1.29 is 22.7 Å². The second kappa shape index (κ2) is 11.1. The van der Waals surface area contributed by atoms with Gasteiger partial charge in [-0.1, -0.05) is 42.5 Å². The summed E-state index contributed by atoms with van der Waals surface area (Å²) in [6.07, 6.45) is 2.30. The molecule has 2 aromatic carbocycles. The summed E-state index contributed by atoms with van der Waals surface area (Å²) in [7, 11) is -3.91. The molecule has 2 fully saturated rings. The molecule has 0 radical (unpaired) electrons. The monoisotopic (exact) mass is 531 g/mol. The van der Waals surface area contributed by atoms with E-state index in [-0.39, 0.29) is 24.6 Å². The van der Waals surface area contributed by atoms with Crippen molar-refractivity contribution >= 4 is 16.0 Å². The van der Waals surface area contributed by atoms with Crippen molar-refractivity contribution in [3.05, 3.63) is 71.0 Å². The van der Waals surface area contributed by atoms with Crippen LogP contribution in [-0.2, 0) is 14.8 Å². The third kappa shape index (κ3) is 6.16. The van der Waals surface area contributed by atoms with Crippen molar-refractivity contribution in [2.75, 3.05) is 19.7 Å². The van der Waals surface area contributed by atoms with E-state index in [2.05, 4.69) is 28.5 Å². The first kappa shape index (κ1) is 27.5. The molecule has 37 heavy (non-hydrogen) atoms. The van der Waals surface area contributed by atoms with Crippen LogP contribution >= 0.6 is 0 Å². The van der Waals surface area contributed by atoms with Crippen LogP contribution in [0.5, 0.6) is 0 Å². The maximum absolute atomic E-state index is 14.4. The number of aliphatic imine (C=N–C) groups is 1. The Labute approximate surface area is 219 Å². The first-order valence-electron chi connectivity index (χ1n) is 13.0. The lowest BCUT2D eigenvalue weighted by atomic mass is 9.87. The van der Waals surface area contributed by atoms with Crippen molar-refractivity contribution in [3.8, 4) is 0 Å². The summed E-state index contributed by atoms with van der Waals surface area (Å²) in [4.78, 5) is 6.86. The molecule has 0 amide bonds. The quantitative estimate of drug-likeness (QED) is 0.542. The Bertz CT molecular complexity index is 1210. The first-order valence-corrected chi connectivity index (χ1v) is 14.5. The Morgan fingerprint density at radius 1 is 1.11 bits per heavy atom. The number of piperidine rings is 1. The number of sulfonamides is 1. The number of likely N-dealkylation sites (tertiary alicyclic amines) is 1. The van der Waals surface area contributed by atoms with Gasteiger partial charge < -0.3 is 14.7 Å². The number of aliphatic hydroxyl groups is 1. The van der Waals surface area contributed by atoms with Gasteiger partial charge in [-0.15, -0.1) is 0 Å². The molecule has 0 bridgehead atoms. The third-order valence-corrected chi connectivity index (χ3v) is 9.36. The molecule has 7 nitrogen and oxygen atoms in total. The number of hydrogen-bond donors (Lipinski definition) is 2. The molecule has 0 saturated carbocycles. The number of nitrogens with zero attached hydrogens (tertiary/aromatic N) is 2. The summed E-state index contributed by atoms with van der Waals surface area (Å²) in [6, 6.07) is 13.5. The number of ether oxygens (including phenoxy) is 1. The lowest BCUT2D eigenvalue weighted by Crippen LogP contribution is -2.53. The van der Waals surface area contributed by atoms with E-state index >= 15 is 0 Å². The number of nitrogens with one attached hydrogen (secondary N) is 1. The summed E-state index contributed by atoms with van der Waals surface area (Å²) in [5, 5.41) is 8.54. The minimum atomic E-state index is -3.91. The van der Waals surface area contributed by atoms with Crippen molar-refractivity contribution in [3.63, 3.8) is 0 Å². The highest BCUT2D eigenvalue weighted by Gasteiger charge is 2.48. The summed E-state index contributed by atoms with van der Waals surface area (Å²) in [5.74, 6) is -0.00829. The molecule has 2 saturated heterocycles. The Morgan fingerprint density at radius 2 is 1.73 bits per heavy atom. The van der Waals surface area contributed by atoms with Gasteiger partial charge in [-0.25, -0.2) is 22.5 Å². The van der Waals surface area contributed by atoms with E-state index < -0.39 is 32.7 Å². The van der Waals surface area contributed by atoms with E-state index in [1.54, 1.807) is 32.0 Å². The second-order valence-electron chi connectivity index (χ2n) is 10.8. The number of hydrogen-bond acceptors (Lipinski definition) is 6. The standard InChI is InChI=1S/C28H38FN3O4S/c1-19(2)32-16-13-21(14-17-32)20-9-11-22(12-10-20)26-28(3,4)36-27(31-37(26,34)35)30-25(15-18-33)23-7-5-6-8-24(23)29/h5-12,19,21,25-26,33H,13-18H2,1-4H3,(H,30,31). The van der Waals surface area contributed by atoms with Crippen LogP contribution in [0.3, 0.4) is 0 Å². The molecule has 2 heterocycles. The lowest BCUT2D eigenvalue weighted by molar-refractivity contribution is 0.0758. The lowest BCUT2D eigenvalue weighted by Gasteiger charge is -2.39. The second-order valence-corrected chi connectivity index (χ2v) is 12.6. The van der Waals surface area contributed by atoms with Crippen LogP contribution in [-0.4, -0.2) is 55.8 Å². The van der Waals surface area contributed by atoms with Gasteiger partial charge in [0.25, 0.3) is 6.02 Å². The molecule has 2 atom stereocenters. The fourth-order valence-electron chi connectivity index (χ4n) is 5.50. The highest BCUT2D eigenvalue weighted by atomic mass is 32.2. The number of benzene rings is 2. The molecule has 2 unspecified atom stereocenters. The predicted molar refractivity (Wildman–Crippen MR) is 143 cm³/mol. The Hall–Kier alpha value is -2.49. The normalized spacial score (nSPS) is 24.0.